The lowest BCUT2D eigenvalue weighted by Crippen LogP contribution is -2.31. The number of ether oxygens (including phenoxy) is 1. The van der Waals surface area contributed by atoms with Crippen LogP contribution in [0.15, 0.2) is 18.2 Å². The Hall–Kier alpha value is -2.19. The summed E-state index contributed by atoms with van der Waals surface area (Å²) in [5.41, 5.74) is 6.71. The molecule has 0 aliphatic rings. The molecule has 19 heavy (non-hydrogen) atoms. The molecule has 0 fully saturated rings. The van der Waals surface area contributed by atoms with E-state index in [1.165, 1.54) is 0 Å². The van der Waals surface area contributed by atoms with Crippen molar-refractivity contribution in [3.63, 3.8) is 0 Å². The second kappa shape index (κ2) is 7.29. The summed E-state index contributed by atoms with van der Waals surface area (Å²) in [7, 11) is 3.28. The summed E-state index contributed by atoms with van der Waals surface area (Å²) in [6, 6.07) is 5.16. The van der Waals surface area contributed by atoms with Gasteiger partial charge >= 0.3 is 6.03 Å². The number of rotatable bonds is 3. The van der Waals surface area contributed by atoms with Crippen LogP contribution in [0.25, 0.3) is 0 Å². The number of carbonyl (C=O) groups is 1. The molecular formula is C14H19N3O2. The maximum absolute atomic E-state index is 11.8. The SMILES string of the molecule is CCN(C)C(=O)Nc1cc(C#CCN)ccc1OC. The summed E-state index contributed by atoms with van der Waals surface area (Å²) < 4.78 is 5.21. The first-order valence-corrected chi connectivity index (χ1v) is 6.01. The van der Waals surface area contributed by atoms with E-state index in [-0.39, 0.29) is 6.03 Å². The molecule has 0 saturated carbocycles. The number of nitrogens with zero attached hydrogens (tertiary/aromatic N) is 1. The van der Waals surface area contributed by atoms with Gasteiger partial charge in [0.05, 0.1) is 19.3 Å². The van der Waals surface area contributed by atoms with Gasteiger partial charge in [-0.3, -0.25) is 0 Å². The summed E-state index contributed by atoms with van der Waals surface area (Å²) in [5.74, 6) is 6.28. The summed E-state index contributed by atoms with van der Waals surface area (Å²) in [6.45, 7) is 2.83. The van der Waals surface area contributed by atoms with Crippen LogP contribution in [-0.4, -0.2) is 38.2 Å². The Balaban J connectivity index is 2.99. The Morgan fingerprint density at radius 2 is 2.26 bits per heavy atom. The van der Waals surface area contributed by atoms with E-state index in [2.05, 4.69) is 17.2 Å². The van der Waals surface area contributed by atoms with Crippen LogP contribution in [0.1, 0.15) is 12.5 Å². The average molecular weight is 261 g/mol. The van der Waals surface area contributed by atoms with Crippen LogP contribution in [0.4, 0.5) is 10.5 Å². The van der Waals surface area contributed by atoms with E-state index in [1.54, 1.807) is 31.2 Å². The van der Waals surface area contributed by atoms with Crippen LogP contribution in [0.2, 0.25) is 0 Å². The molecule has 1 rings (SSSR count). The van der Waals surface area contributed by atoms with E-state index in [9.17, 15) is 4.79 Å². The van der Waals surface area contributed by atoms with E-state index in [0.717, 1.165) is 5.56 Å². The first-order chi connectivity index (χ1) is 9.12. The highest BCUT2D eigenvalue weighted by atomic mass is 16.5. The Labute approximate surface area is 113 Å². The molecule has 3 N–H and O–H groups in total. The standard InChI is InChI=1S/C14H19N3O2/c1-4-17(2)14(18)16-12-10-11(6-5-9-15)7-8-13(12)19-3/h7-8,10H,4,9,15H2,1-3H3,(H,16,18). The van der Waals surface area contributed by atoms with Gasteiger partial charge in [0.2, 0.25) is 0 Å². The molecule has 5 heteroatoms. The molecule has 0 radical (unpaired) electrons. The second-order valence-corrected chi connectivity index (χ2v) is 3.87. The lowest BCUT2D eigenvalue weighted by Gasteiger charge is -2.17. The minimum Gasteiger partial charge on any atom is -0.495 e. The monoisotopic (exact) mass is 261 g/mol. The van der Waals surface area contributed by atoms with Crippen molar-refractivity contribution >= 4 is 11.7 Å². The van der Waals surface area contributed by atoms with Crippen LogP contribution < -0.4 is 15.8 Å². The van der Waals surface area contributed by atoms with Gasteiger partial charge in [-0.15, -0.1) is 0 Å². The van der Waals surface area contributed by atoms with Crippen molar-refractivity contribution in [1.29, 1.82) is 0 Å². The minimum absolute atomic E-state index is 0.190. The van der Waals surface area contributed by atoms with Crippen LogP contribution >= 0.6 is 0 Å². The second-order valence-electron chi connectivity index (χ2n) is 3.87. The van der Waals surface area contributed by atoms with Crippen molar-refractivity contribution < 1.29 is 9.53 Å². The number of urea groups is 1. The molecule has 0 unspecified atom stereocenters. The molecule has 0 aliphatic heterocycles. The summed E-state index contributed by atoms with van der Waals surface area (Å²) in [5, 5.41) is 2.79. The van der Waals surface area contributed by atoms with Crippen LogP contribution in [-0.2, 0) is 0 Å². The maximum Gasteiger partial charge on any atom is 0.321 e. The first-order valence-electron chi connectivity index (χ1n) is 6.01. The van der Waals surface area contributed by atoms with Gasteiger partial charge in [-0.25, -0.2) is 4.79 Å². The van der Waals surface area contributed by atoms with Gasteiger partial charge in [-0.1, -0.05) is 11.8 Å². The van der Waals surface area contributed by atoms with Crippen LogP contribution in [0, 0.1) is 11.8 Å². The molecule has 0 aliphatic carbocycles. The van der Waals surface area contributed by atoms with E-state index in [0.29, 0.717) is 24.5 Å². The predicted octanol–water partition coefficient (Wildman–Crippen LogP) is 1.49. The smallest absolute Gasteiger partial charge is 0.321 e. The van der Waals surface area contributed by atoms with Gasteiger partial charge in [-0.2, -0.15) is 0 Å². The number of carbonyl (C=O) groups excluding carboxylic acids is 1. The average Bonchev–Trinajstić information content (AvgIpc) is 2.44. The highest BCUT2D eigenvalue weighted by Crippen LogP contribution is 2.25. The van der Waals surface area contributed by atoms with E-state index in [4.69, 9.17) is 10.5 Å². The van der Waals surface area contributed by atoms with E-state index in [1.807, 2.05) is 13.0 Å². The van der Waals surface area contributed by atoms with Gasteiger partial charge in [-0.05, 0) is 25.1 Å². The largest absolute Gasteiger partial charge is 0.495 e. The molecular weight excluding hydrogens is 242 g/mol. The van der Waals surface area contributed by atoms with Crippen molar-refractivity contribution in [2.45, 2.75) is 6.92 Å². The molecule has 1 aromatic rings. The fourth-order valence-corrected chi connectivity index (χ4v) is 1.39. The highest BCUT2D eigenvalue weighted by Gasteiger charge is 2.10. The third-order valence-corrected chi connectivity index (χ3v) is 2.60. The summed E-state index contributed by atoms with van der Waals surface area (Å²) >= 11 is 0. The Morgan fingerprint density at radius 1 is 1.53 bits per heavy atom. The quantitative estimate of drug-likeness (QED) is 0.810. The topological polar surface area (TPSA) is 67.6 Å². The third-order valence-electron chi connectivity index (χ3n) is 2.60. The number of hydrogen-bond acceptors (Lipinski definition) is 3. The van der Waals surface area contributed by atoms with Gasteiger partial charge < -0.3 is 20.7 Å². The van der Waals surface area contributed by atoms with Crippen LogP contribution in [0.5, 0.6) is 5.75 Å². The van der Waals surface area contributed by atoms with E-state index < -0.39 is 0 Å². The zero-order valence-electron chi connectivity index (χ0n) is 11.5. The molecule has 1 aromatic carbocycles. The van der Waals surface area contributed by atoms with Crippen LogP contribution in [0.3, 0.4) is 0 Å². The maximum atomic E-state index is 11.8. The third kappa shape index (κ3) is 4.19. The first kappa shape index (κ1) is 14.9. The fraction of sp³-hybridized carbons (Fsp3) is 0.357. The fourth-order valence-electron chi connectivity index (χ4n) is 1.39. The zero-order chi connectivity index (χ0) is 14.3. The number of nitrogens with one attached hydrogen (secondary N) is 1. The summed E-state index contributed by atoms with van der Waals surface area (Å²) in [6.07, 6.45) is 0. The Morgan fingerprint density at radius 3 is 2.84 bits per heavy atom. The number of hydrogen-bond donors (Lipinski definition) is 2. The predicted molar refractivity (Wildman–Crippen MR) is 76.2 cm³/mol. The number of benzene rings is 1. The molecule has 0 spiro atoms. The zero-order valence-corrected chi connectivity index (χ0v) is 11.5. The van der Waals surface area contributed by atoms with Gasteiger partial charge in [0.25, 0.3) is 0 Å². The number of methoxy groups -OCH3 is 1. The van der Waals surface area contributed by atoms with Gasteiger partial charge in [0.15, 0.2) is 0 Å². The molecule has 0 atom stereocenters. The normalized spacial score (nSPS) is 9.26. The highest BCUT2D eigenvalue weighted by molar-refractivity contribution is 5.91. The number of amides is 2. The molecule has 0 heterocycles. The van der Waals surface area contributed by atoms with Crippen molar-refractivity contribution in [1.82, 2.24) is 4.90 Å². The van der Waals surface area contributed by atoms with Gasteiger partial charge in [0, 0.05) is 19.2 Å². The van der Waals surface area contributed by atoms with Gasteiger partial charge in [0.1, 0.15) is 5.75 Å². The molecule has 0 aromatic heterocycles. The molecule has 2 amide bonds. The van der Waals surface area contributed by atoms with Crippen molar-refractivity contribution in [3.05, 3.63) is 23.8 Å². The van der Waals surface area contributed by atoms with Crippen molar-refractivity contribution in [3.8, 4) is 17.6 Å². The molecule has 5 nitrogen and oxygen atoms in total. The summed E-state index contributed by atoms with van der Waals surface area (Å²) in [4.78, 5) is 13.4. The molecule has 0 saturated heterocycles. The molecule has 0 bridgehead atoms. The number of anilines is 1. The Kier molecular flexibility index (Phi) is 5.71. The minimum atomic E-state index is -0.190. The number of nitrogens with two attached hydrogens (primary N) is 1. The lowest BCUT2D eigenvalue weighted by molar-refractivity contribution is 0.224. The van der Waals surface area contributed by atoms with Crippen molar-refractivity contribution in [2.24, 2.45) is 5.73 Å². The lowest BCUT2D eigenvalue weighted by atomic mass is 10.2. The van der Waals surface area contributed by atoms with E-state index >= 15 is 0 Å². The van der Waals surface area contributed by atoms with Crippen molar-refractivity contribution in [2.75, 3.05) is 32.6 Å². The molecule has 102 valence electrons. The Bertz CT molecular complexity index is 503.